The van der Waals surface area contributed by atoms with E-state index in [1.165, 1.54) is 18.2 Å². The fourth-order valence-electron chi connectivity index (χ4n) is 0.607. The van der Waals surface area contributed by atoms with Gasteiger partial charge in [0, 0.05) is 6.07 Å². The lowest BCUT2D eigenvalue weighted by atomic mass is 10.3. The third kappa shape index (κ3) is 1.87. The summed E-state index contributed by atoms with van der Waals surface area (Å²) in [6.07, 6.45) is 1.30. The number of halogens is 2. The molecule has 0 bridgehead atoms. The molecule has 0 atom stereocenters. The van der Waals surface area contributed by atoms with Gasteiger partial charge in [-0.1, -0.05) is 11.6 Å². The summed E-state index contributed by atoms with van der Waals surface area (Å²) in [5.74, 6) is -0.594. The lowest BCUT2D eigenvalue weighted by Crippen LogP contribution is -1.73. The van der Waals surface area contributed by atoms with Crippen LogP contribution in [0.3, 0.4) is 0 Å². The molecule has 0 aliphatic rings. The Hall–Kier alpha value is -1.18. The maximum atomic E-state index is 12.6. The van der Waals surface area contributed by atoms with Crippen molar-refractivity contribution in [2.24, 2.45) is 4.99 Å². The standard InChI is InChI=1S/C7H3ClFNO/c8-6-2-1-5(10-4-11)3-7(6)9/h1-3H. The molecular weight excluding hydrogens is 169 g/mol. The Bertz CT molecular complexity index is 320. The normalized spacial score (nSPS) is 8.91. The van der Waals surface area contributed by atoms with Crippen LogP contribution in [0, 0.1) is 5.82 Å². The summed E-state index contributed by atoms with van der Waals surface area (Å²) in [7, 11) is 0. The monoisotopic (exact) mass is 171 g/mol. The van der Waals surface area contributed by atoms with Gasteiger partial charge >= 0.3 is 0 Å². The van der Waals surface area contributed by atoms with Crippen molar-refractivity contribution in [1.29, 1.82) is 0 Å². The second kappa shape index (κ2) is 3.28. The van der Waals surface area contributed by atoms with Gasteiger partial charge in [-0.05, 0) is 12.1 Å². The molecule has 0 saturated heterocycles. The Balaban J connectivity index is 3.14. The Morgan fingerprint density at radius 1 is 1.55 bits per heavy atom. The number of carbonyl (C=O) groups excluding carboxylic acids is 1. The second-order valence-electron chi connectivity index (χ2n) is 1.80. The zero-order chi connectivity index (χ0) is 8.27. The lowest BCUT2D eigenvalue weighted by molar-refractivity contribution is 0.565. The van der Waals surface area contributed by atoms with E-state index in [1.54, 1.807) is 0 Å². The van der Waals surface area contributed by atoms with Crippen LogP contribution in [0.25, 0.3) is 0 Å². The van der Waals surface area contributed by atoms with Gasteiger partial charge in [0.1, 0.15) is 5.82 Å². The molecule has 1 aromatic rings. The van der Waals surface area contributed by atoms with Crippen molar-refractivity contribution in [2.45, 2.75) is 0 Å². The molecule has 1 rings (SSSR count). The summed E-state index contributed by atoms with van der Waals surface area (Å²) in [4.78, 5) is 12.9. The minimum Gasteiger partial charge on any atom is -0.211 e. The quantitative estimate of drug-likeness (QED) is 0.471. The van der Waals surface area contributed by atoms with E-state index in [-0.39, 0.29) is 10.7 Å². The van der Waals surface area contributed by atoms with Crippen LogP contribution in [0.4, 0.5) is 10.1 Å². The van der Waals surface area contributed by atoms with Gasteiger partial charge < -0.3 is 0 Å². The van der Waals surface area contributed by atoms with Crippen molar-refractivity contribution in [1.82, 2.24) is 0 Å². The second-order valence-corrected chi connectivity index (χ2v) is 2.21. The predicted octanol–water partition coefficient (Wildman–Crippen LogP) is 2.45. The zero-order valence-electron chi connectivity index (χ0n) is 5.34. The van der Waals surface area contributed by atoms with E-state index in [2.05, 4.69) is 4.99 Å². The van der Waals surface area contributed by atoms with Crippen LogP contribution in [-0.2, 0) is 4.79 Å². The van der Waals surface area contributed by atoms with Gasteiger partial charge in [-0.15, -0.1) is 0 Å². The van der Waals surface area contributed by atoms with Gasteiger partial charge in [0.2, 0.25) is 6.08 Å². The van der Waals surface area contributed by atoms with Crippen molar-refractivity contribution in [2.75, 3.05) is 0 Å². The smallest absolute Gasteiger partial charge is 0.211 e. The van der Waals surface area contributed by atoms with Gasteiger partial charge in [-0.25, -0.2) is 9.18 Å². The van der Waals surface area contributed by atoms with E-state index in [9.17, 15) is 9.18 Å². The fourth-order valence-corrected chi connectivity index (χ4v) is 0.725. The Kier molecular flexibility index (Phi) is 2.36. The topological polar surface area (TPSA) is 29.4 Å². The first-order valence-electron chi connectivity index (χ1n) is 2.77. The van der Waals surface area contributed by atoms with E-state index in [1.807, 2.05) is 0 Å². The predicted molar refractivity (Wildman–Crippen MR) is 39.2 cm³/mol. The largest absolute Gasteiger partial charge is 0.240 e. The molecule has 0 amide bonds. The summed E-state index contributed by atoms with van der Waals surface area (Å²) in [6.45, 7) is 0. The number of hydrogen-bond acceptors (Lipinski definition) is 2. The summed E-state index contributed by atoms with van der Waals surface area (Å²) >= 11 is 5.37. The van der Waals surface area contributed by atoms with Crippen LogP contribution in [0.1, 0.15) is 0 Å². The Morgan fingerprint density at radius 3 is 2.82 bits per heavy atom. The number of isocyanates is 1. The lowest BCUT2D eigenvalue weighted by Gasteiger charge is -1.92. The molecule has 2 nitrogen and oxygen atoms in total. The summed E-state index contributed by atoms with van der Waals surface area (Å²) < 4.78 is 12.6. The van der Waals surface area contributed by atoms with E-state index in [0.29, 0.717) is 0 Å². The number of rotatable bonds is 1. The molecule has 0 aliphatic heterocycles. The molecule has 0 aromatic heterocycles. The van der Waals surface area contributed by atoms with Crippen molar-refractivity contribution in [3.8, 4) is 0 Å². The number of benzene rings is 1. The van der Waals surface area contributed by atoms with Crippen LogP contribution in [0.15, 0.2) is 23.2 Å². The van der Waals surface area contributed by atoms with Gasteiger partial charge in [-0.3, -0.25) is 0 Å². The SMILES string of the molecule is O=C=Nc1ccc(Cl)c(F)c1. The van der Waals surface area contributed by atoms with Crippen LogP contribution in [-0.4, -0.2) is 6.08 Å². The zero-order valence-corrected chi connectivity index (χ0v) is 6.10. The van der Waals surface area contributed by atoms with Gasteiger partial charge in [0.05, 0.1) is 10.7 Å². The van der Waals surface area contributed by atoms with E-state index >= 15 is 0 Å². The molecule has 0 aliphatic carbocycles. The fraction of sp³-hybridized carbons (Fsp3) is 0. The van der Waals surface area contributed by atoms with E-state index in [0.717, 1.165) is 6.07 Å². The summed E-state index contributed by atoms with van der Waals surface area (Å²) in [6, 6.07) is 3.82. The highest BCUT2D eigenvalue weighted by Gasteiger charge is 1.98. The van der Waals surface area contributed by atoms with Gasteiger partial charge in [0.15, 0.2) is 0 Å². The first kappa shape index (κ1) is 7.92. The third-order valence-corrected chi connectivity index (χ3v) is 1.38. The highest BCUT2D eigenvalue weighted by molar-refractivity contribution is 6.30. The molecule has 11 heavy (non-hydrogen) atoms. The van der Waals surface area contributed by atoms with E-state index < -0.39 is 5.82 Å². The van der Waals surface area contributed by atoms with Crippen LogP contribution >= 0.6 is 11.6 Å². The van der Waals surface area contributed by atoms with Crippen LogP contribution < -0.4 is 0 Å². The molecule has 4 heteroatoms. The molecule has 0 radical (unpaired) electrons. The maximum absolute atomic E-state index is 12.6. The van der Waals surface area contributed by atoms with Crippen molar-refractivity contribution >= 4 is 23.4 Å². The third-order valence-electron chi connectivity index (χ3n) is 1.08. The summed E-state index contributed by atoms with van der Waals surface area (Å²) in [5, 5.41) is 0.00912. The molecule has 0 unspecified atom stereocenters. The molecule has 56 valence electrons. The molecular formula is C7H3ClFNO. The highest BCUT2D eigenvalue weighted by atomic mass is 35.5. The van der Waals surface area contributed by atoms with Crippen molar-refractivity contribution < 1.29 is 9.18 Å². The van der Waals surface area contributed by atoms with Gasteiger partial charge in [-0.2, -0.15) is 4.99 Å². The average molecular weight is 172 g/mol. The molecule has 0 fully saturated rings. The number of hydrogen-bond donors (Lipinski definition) is 0. The first-order valence-corrected chi connectivity index (χ1v) is 3.15. The first-order chi connectivity index (χ1) is 5.24. The molecule has 1 aromatic carbocycles. The minimum absolute atomic E-state index is 0.00912. The van der Waals surface area contributed by atoms with Crippen molar-refractivity contribution in [3.63, 3.8) is 0 Å². The number of aliphatic imine (C=N–C) groups is 1. The van der Waals surface area contributed by atoms with Crippen LogP contribution in [0.5, 0.6) is 0 Å². The highest BCUT2D eigenvalue weighted by Crippen LogP contribution is 2.19. The molecule has 0 N–H and O–H groups in total. The molecule has 0 saturated carbocycles. The Morgan fingerprint density at radius 2 is 2.27 bits per heavy atom. The Labute approximate surface area is 67.3 Å². The summed E-state index contributed by atoms with van der Waals surface area (Å²) in [5.41, 5.74) is 0.210. The minimum atomic E-state index is -0.594. The molecule has 0 heterocycles. The maximum Gasteiger partial charge on any atom is 0.240 e. The van der Waals surface area contributed by atoms with Gasteiger partial charge in [0.25, 0.3) is 0 Å². The number of nitrogens with zero attached hydrogens (tertiary/aromatic N) is 1. The van der Waals surface area contributed by atoms with E-state index in [4.69, 9.17) is 11.6 Å². The average Bonchev–Trinajstić information content (AvgIpc) is 1.98. The molecule has 0 spiro atoms. The van der Waals surface area contributed by atoms with Crippen LogP contribution in [0.2, 0.25) is 5.02 Å². The van der Waals surface area contributed by atoms with Crippen molar-refractivity contribution in [3.05, 3.63) is 29.0 Å².